The van der Waals surface area contributed by atoms with Gasteiger partial charge in [0.25, 0.3) is 10.0 Å². The zero-order chi connectivity index (χ0) is 17.9. The van der Waals surface area contributed by atoms with E-state index in [1.165, 1.54) is 30.5 Å². The summed E-state index contributed by atoms with van der Waals surface area (Å²) >= 11 is 0. The number of nitrogens with zero attached hydrogens (tertiary/aromatic N) is 1. The summed E-state index contributed by atoms with van der Waals surface area (Å²) in [5.41, 5.74) is 1.85. The van der Waals surface area contributed by atoms with E-state index < -0.39 is 10.0 Å². The number of pyridine rings is 1. The number of halogens is 1. The Morgan fingerprint density at radius 2 is 1.76 bits per heavy atom. The van der Waals surface area contributed by atoms with Gasteiger partial charge in [0.15, 0.2) is 0 Å². The first-order valence-corrected chi connectivity index (χ1v) is 8.99. The van der Waals surface area contributed by atoms with Crippen LogP contribution < -0.4 is 10.0 Å². The molecule has 128 valence electrons. The molecule has 0 saturated carbocycles. The molecule has 3 aromatic rings. The second-order valence-corrected chi connectivity index (χ2v) is 7.09. The van der Waals surface area contributed by atoms with E-state index in [0.717, 1.165) is 0 Å². The number of sulfonamides is 1. The van der Waals surface area contributed by atoms with Crippen molar-refractivity contribution in [3.63, 3.8) is 0 Å². The molecule has 7 heteroatoms. The van der Waals surface area contributed by atoms with Gasteiger partial charge >= 0.3 is 0 Å². The molecule has 0 aliphatic carbocycles. The van der Waals surface area contributed by atoms with Crippen LogP contribution in [0.5, 0.6) is 0 Å². The standard InChI is InChI=1S/C18H16FN3O2S/c1-13-5-2-3-8-17(13)25(23,24)22-18-10-9-16(12-20-18)21-15-7-4-6-14(19)11-15/h2-12,21H,1H3,(H,20,22). The van der Waals surface area contributed by atoms with Crippen molar-refractivity contribution < 1.29 is 12.8 Å². The minimum atomic E-state index is -3.70. The molecule has 2 aromatic carbocycles. The van der Waals surface area contributed by atoms with Crippen molar-refractivity contribution in [2.75, 3.05) is 10.0 Å². The first kappa shape index (κ1) is 16.9. The molecule has 5 nitrogen and oxygen atoms in total. The molecule has 0 atom stereocenters. The SMILES string of the molecule is Cc1ccccc1S(=O)(=O)Nc1ccc(Nc2cccc(F)c2)cn1. The number of hydrogen-bond donors (Lipinski definition) is 2. The van der Waals surface area contributed by atoms with Crippen LogP contribution in [0.4, 0.5) is 21.6 Å². The molecular formula is C18H16FN3O2S. The Kier molecular flexibility index (Phi) is 4.67. The first-order chi connectivity index (χ1) is 11.9. The fraction of sp³-hybridized carbons (Fsp3) is 0.0556. The largest absolute Gasteiger partial charge is 0.354 e. The Morgan fingerprint density at radius 1 is 0.960 bits per heavy atom. The summed E-state index contributed by atoms with van der Waals surface area (Å²) < 4.78 is 40.5. The van der Waals surface area contributed by atoms with Gasteiger partial charge in [-0.25, -0.2) is 17.8 Å². The van der Waals surface area contributed by atoms with Gasteiger partial charge in [-0.15, -0.1) is 0 Å². The van der Waals surface area contributed by atoms with Crippen LogP contribution in [0.1, 0.15) is 5.56 Å². The lowest BCUT2D eigenvalue weighted by Crippen LogP contribution is -2.15. The molecule has 0 amide bonds. The van der Waals surface area contributed by atoms with E-state index in [9.17, 15) is 12.8 Å². The average molecular weight is 357 g/mol. The van der Waals surface area contributed by atoms with Crippen molar-refractivity contribution in [2.24, 2.45) is 0 Å². The lowest BCUT2D eigenvalue weighted by Gasteiger charge is -2.10. The van der Waals surface area contributed by atoms with Crippen LogP contribution in [0.25, 0.3) is 0 Å². The zero-order valence-electron chi connectivity index (χ0n) is 13.4. The minimum absolute atomic E-state index is 0.202. The van der Waals surface area contributed by atoms with Gasteiger partial charge in [-0.2, -0.15) is 0 Å². The lowest BCUT2D eigenvalue weighted by atomic mass is 10.2. The van der Waals surface area contributed by atoms with Gasteiger partial charge in [0.2, 0.25) is 0 Å². The van der Waals surface area contributed by atoms with Crippen molar-refractivity contribution >= 4 is 27.2 Å². The van der Waals surface area contributed by atoms with Crippen LogP contribution in [0.2, 0.25) is 0 Å². The van der Waals surface area contributed by atoms with E-state index in [1.54, 1.807) is 43.3 Å². The van der Waals surface area contributed by atoms with Crippen molar-refractivity contribution in [3.05, 3.63) is 78.2 Å². The molecule has 0 radical (unpaired) electrons. The maximum atomic E-state index is 13.2. The molecule has 0 fully saturated rings. The van der Waals surface area contributed by atoms with Crippen LogP contribution in [0.15, 0.2) is 71.8 Å². The highest BCUT2D eigenvalue weighted by molar-refractivity contribution is 7.92. The third kappa shape index (κ3) is 4.13. The molecule has 0 unspecified atom stereocenters. The topological polar surface area (TPSA) is 71.1 Å². The fourth-order valence-corrected chi connectivity index (χ4v) is 3.57. The van der Waals surface area contributed by atoms with Gasteiger partial charge in [-0.1, -0.05) is 24.3 Å². The molecule has 2 N–H and O–H groups in total. The monoisotopic (exact) mass is 357 g/mol. The Hall–Kier alpha value is -2.93. The summed E-state index contributed by atoms with van der Waals surface area (Å²) in [5, 5.41) is 3.00. The molecule has 0 spiro atoms. The van der Waals surface area contributed by atoms with E-state index in [0.29, 0.717) is 16.9 Å². The molecule has 0 aliphatic rings. The number of anilines is 3. The van der Waals surface area contributed by atoms with E-state index in [2.05, 4.69) is 15.0 Å². The second-order valence-electron chi connectivity index (χ2n) is 5.44. The Balaban J connectivity index is 1.75. The van der Waals surface area contributed by atoms with Crippen LogP contribution >= 0.6 is 0 Å². The number of rotatable bonds is 5. The first-order valence-electron chi connectivity index (χ1n) is 7.51. The zero-order valence-corrected chi connectivity index (χ0v) is 14.2. The lowest BCUT2D eigenvalue weighted by molar-refractivity contribution is 0.600. The third-order valence-electron chi connectivity index (χ3n) is 3.50. The second kappa shape index (κ2) is 6.90. The summed E-state index contributed by atoms with van der Waals surface area (Å²) in [7, 11) is -3.70. The van der Waals surface area contributed by atoms with Gasteiger partial charge < -0.3 is 5.32 Å². The average Bonchev–Trinajstić information content (AvgIpc) is 2.57. The molecular weight excluding hydrogens is 341 g/mol. The summed E-state index contributed by atoms with van der Waals surface area (Å²) in [6, 6.07) is 15.9. The van der Waals surface area contributed by atoms with E-state index >= 15 is 0 Å². The number of hydrogen-bond acceptors (Lipinski definition) is 4. The maximum Gasteiger partial charge on any atom is 0.263 e. The van der Waals surface area contributed by atoms with Gasteiger partial charge in [0.1, 0.15) is 11.6 Å². The van der Waals surface area contributed by atoms with Crippen LogP contribution in [-0.2, 0) is 10.0 Å². The molecule has 1 aromatic heterocycles. The van der Waals surface area contributed by atoms with Gasteiger partial charge in [-0.3, -0.25) is 4.72 Å². The molecule has 1 heterocycles. The molecule has 3 rings (SSSR count). The number of aryl methyl sites for hydroxylation is 1. The predicted octanol–water partition coefficient (Wildman–Crippen LogP) is 4.07. The Bertz CT molecular complexity index is 989. The van der Waals surface area contributed by atoms with Crippen molar-refractivity contribution in [2.45, 2.75) is 11.8 Å². The Morgan fingerprint density at radius 3 is 2.44 bits per heavy atom. The maximum absolute atomic E-state index is 13.2. The van der Waals surface area contributed by atoms with Crippen LogP contribution in [-0.4, -0.2) is 13.4 Å². The number of aromatic nitrogens is 1. The number of nitrogens with one attached hydrogen (secondary N) is 2. The van der Waals surface area contributed by atoms with Crippen LogP contribution in [0, 0.1) is 12.7 Å². The highest BCUT2D eigenvalue weighted by atomic mass is 32.2. The van der Waals surface area contributed by atoms with Crippen LogP contribution in [0.3, 0.4) is 0 Å². The summed E-state index contributed by atoms with van der Waals surface area (Å²) in [4.78, 5) is 4.30. The molecule has 25 heavy (non-hydrogen) atoms. The number of benzene rings is 2. The highest BCUT2D eigenvalue weighted by Crippen LogP contribution is 2.20. The quantitative estimate of drug-likeness (QED) is 0.722. The fourth-order valence-electron chi connectivity index (χ4n) is 2.31. The van der Waals surface area contributed by atoms with Crippen molar-refractivity contribution in [1.29, 1.82) is 0 Å². The predicted molar refractivity (Wildman–Crippen MR) is 95.9 cm³/mol. The van der Waals surface area contributed by atoms with E-state index in [-0.39, 0.29) is 16.5 Å². The normalized spacial score (nSPS) is 11.1. The summed E-state index contributed by atoms with van der Waals surface area (Å²) in [6.07, 6.45) is 1.47. The summed E-state index contributed by atoms with van der Waals surface area (Å²) in [5.74, 6) is -0.145. The van der Waals surface area contributed by atoms with Gasteiger partial charge in [-0.05, 0) is 48.9 Å². The van der Waals surface area contributed by atoms with Crippen molar-refractivity contribution in [1.82, 2.24) is 4.98 Å². The van der Waals surface area contributed by atoms with E-state index in [1.807, 2.05) is 0 Å². The van der Waals surface area contributed by atoms with Gasteiger partial charge in [0, 0.05) is 5.69 Å². The summed E-state index contributed by atoms with van der Waals surface area (Å²) in [6.45, 7) is 1.73. The minimum Gasteiger partial charge on any atom is -0.354 e. The van der Waals surface area contributed by atoms with Crippen molar-refractivity contribution in [3.8, 4) is 0 Å². The molecule has 0 aliphatic heterocycles. The third-order valence-corrected chi connectivity index (χ3v) is 5.01. The molecule has 0 bridgehead atoms. The van der Waals surface area contributed by atoms with E-state index in [4.69, 9.17) is 0 Å². The molecule has 0 saturated heterocycles. The Labute approximate surface area is 145 Å². The smallest absolute Gasteiger partial charge is 0.263 e. The highest BCUT2D eigenvalue weighted by Gasteiger charge is 2.16. The van der Waals surface area contributed by atoms with Gasteiger partial charge in [0.05, 0.1) is 16.8 Å².